The molecule has 5 nitrogen and oxygen atoms in total. The Bertz CT molecular complexity index is 273. The number of amides is 1. The molecule has 0 spiro atoms. The first-order valence-electron chi connectivity index (χ1n) is 4.52. The Morgan fingerprint density at radius 1 is 1.79 bits per heavy atom. The Morgan fingerprint density at radius 3 is 2.93 bits per heavy atom. The molecule has 0 aromatic rings. The summed E-state index contributed by atoms with van der Waals surface area (Å²) in [6.45, 7) is 3.67. The van der Waals surface area contributed by atoms with Gasteiger partial charge in [0.15, 0.2) is 5.78 Å². The van der Waals surface area contributed by atoms with Crippen molar-refractivity contribution in [3.8, 4) is 0 Å². The van der Waals surface area contributed by atoms with Gasteiger partial charge < -0.3 is 5.32 Å². The summed E-state index contributed by atoms with van der Waals surface area (Å²) in [6.07, 6.45) is 2.18. The topological polar surface area (TPSA) is 67.4 Å². The zero-order chi connectivity index (χ0) is 10.6. The van der Waals surface area contributed by atoms with Crippen molar-refractivity contribution in [3.05, 3.63) is 11.8 Å². The number of carbonyl (C=O) groups is 2. The predicted octanol–water partition coefficient (Wildman–Crippen LogP) is -0.111. The molecule has 2 N–H and O–H groups in total. The average Bonchev–Trinajstić information content (AvgIpc) is 2.50. The van der Waals surface area contributed by atoms with Gasteiger partial charge in [-0.15, -0.1) is 0 Å². The maximum atomic E-state index is 11.1. The van der Waals surface area contributed by atoms with Crippen LogP contribution in [0.15, 0.2) is 11.8 Å². The van der Waals surface area contributed by atoms with Gasteiger partial charge in [-0.1, -0.05) is 6.92 Å². The zero-order valence-electron chi connectivity index (χ0n) is 8.29. The number of allylic oxidation sites excluding steroid dienone is 2. The molecule has 0 aromatic heterocycles. The fraction of sp³-hybridized carbons (Fsp3) is 0.556. The van der Waals surface area contributed by atoms with Gasteiger partial charge >= 0.3 is 0 Å². The third-order valence-electron chi connectivity index (χ3n) is 1.86. The van der Waals surface area contributed by atoms with Crippen LogP contribution in [0.3, 0.4) is 0 Å². The second-order valence-electron chi connectivity index (χ2n) is 3.11. The number of hydrogen-bond acceptors (Lipinski definition) is 4. The summed E-state index contributed by atoms with van der Waals surface area (Å²) in [5.41, 5.74) is 2.99. The van der Waals surface area contributed by atoms with Gasteiger partial charge in [0.2, 0.25) is 0 Å². The predicted molar refractivity (Wildman–Crippen MR) is 50.1 cm³/mol. The van der Waals surface area contributed by atoms with Gasteiger partial charge in [0.05, 0.1) is 0 Å². The lowest BCUT2D eigenvalue weighted by molar-refractivity contribution is -0.125. The van der Waals surface area contributed by atoms with Crippen LogP contribution in [0.1, 0.15) is 20.3 Å². The monoisotopic (exact) mass is 198 g/mol. The Labute approximate surface area is 82.5 Å². The highest BCUT2D eigenvalue weighted by Gasteiger charge is 2.25. The van der Waals surface area contributed by atoms with Crippen LogP contribution in [0.25, 0.3) is 0 Å². The standard InChI is InChI=1S/C9H14N2O3/c1-3-7(4-6(2)12)10-8-5-14-11-9(8)13/h4,8,10H,3,5H2,1-2H3,(H,11,13). The van der Waals surface area contributed by atoms with E-state index in [1.807, 2.05) is 6.92 Å². The SMILES string of the molecule is CCC(=CC(C)=O)NC1CONC1=O. The number of nitrogens with one attached hydrogen (secondary N) is 2. The Kier molecular flexibility index (Phi) is 3.64. The van der Waals surface area contributed by atoms with Crippen LogP contribution in [0.4, 0.5) is 0 Å². The van der Waals surface area contributed by atoms with Gasteiger partial charge in [0.25, 0.3) is 5.91 Å². The fourth-order valence-electron chi connectivity index (χ4n) is 1.17. The van der Waals surface area contributed by atoms with Crippen molar-refractivity contribution in [1.82, 2.24) is 10.8 Å². The molecule has 0 radical (unpaired) electrons. The average molecular weight is 198 g/mol. The lowest BCUT2D eigenvalue weighted by atomic mass is 10.2. The molecular formula is C9H14N2O3. The van der Waals surface area contributed by atoms with Crippen molar-refractivity contribution in [1.29, 1.82) is 0 Å². The Balaban J connectivity index is 2.56. The van der Waals surface area contributed by atoms with Crippen molar-refractivity contribution in [2.45, 2.75) is 26.3 Å². The summed E-state index contributed by atoms with van der Waals surface area (Å²) in [5.74, 6) is -0.235. The van der Waals surface area contributed by atoms with Gasteiger partial charge in [-0.25, -0.2) is 5.48 Å². The molecule has 1 heterocycles. The number of hydrogen-bond donors (Lipinski definition) is 2. The summed E-state index contributed by atoms with van der Waals surface area (Å²) in [5, 5.41) is 2.95. The van der Waals surface area contributed by atoms with Crippen LogP contribution in [0, 0.1) is 0 Å². The molecule has 0 bridgehead atoms. The molecule has 1 aliphatic rings. The zero-order valence-corrected chi connectivity index (χ0v) is 8.29. The summed E-state index contributed by atoms with van der Waals surface area (Å²) in [7, 11) is 0. The number of ketones is 1. The van der Waals surface area contributed by atoms with Crippen LogP contribution in [-0.4, -0.2) is 24.3 Å². The van der Waals surface area contributed by atoms with E-state index in [4.69, 9.17) is 4.84 Å². The number of hydroxylamine groups is 1. The molecule has 0 aromatic carbocycles. The minimum atomic E-state index is -0.388. The first kappa shape index (κ1) is 10.7. The van der Waals surface area contributed by atoms with Crippen molar-refractivity contribution in [3.63, 3.8) is 0 Å². The smallest absolute Gasteiger partial charge is 0.268 e. The van der Waals surface area contributed by atoms with E-state index in [1.54, 1.807) is 0 Å². The molecule has 1 aliphatic heterocycles. The summed E-state index contributed by atoms with van der Waals surface area (Å²) in [6, 6.07) is -0.388. The van der Waals surface area contributed by atoms with Crippen LogP contribution in [0.2, 0.25) is 0 Å². The molecule has 1 atom stereocenters. The third-order valence-corrected chi connectivity index (χ3v) is 1.86. The number of carbonyl (C=O) groups excluding carboxylic acids is 2. The molecule has 5 heteroatoms. The molecule has 1 saturated heterocycles. The molecule has 1 unspecified atom stereocenters. The lowest BCUT2D eigenvalue weighted by Crippen LogP contribution is -2.37. The van der Waals surface area contributed by atoms with E-state index in [0.717, 1.165) is 5.70 Å². The maximum absolute atomic E-state index is 11.1. The van der Waals surface area contributed by atoms with Gasteiger partial charge in [-0.05, 0) is 19.4 Å². The molecular weight excluding hydrogens is 184 g/mol. The normalized spacial score (nSPS) is 22.0. The second kappa shape index (κ2) is 4.76. The van der Waals surface area contributed by atoms with Gasteiger partial charge in [-0.2, -0.15) is 0 Å². The molecule has 1 fully saturated rings. The minimum Gasteiger partial charge on any atom is -0.375 e. The van der Waals surface area contributed by atoms with E-state index in [2.05, 4.69) is 10.8 Å². The molecule has 0 saturated carbocycles. The van der Waals surface area contributed by atoms with E-state index >= 15 is 0 Å². The lowest BCUT2D eigenvalue weighted by Gasteiger charge is -2.11. The molecule has 0 aliphatic carbocycles. The van der Waals surface area contributed by atoms with Gasteiger partial charge in [-0.3, -0.25) is 14.4 Å². The quantitative estimate of drug-likeness (QED) is 0.618. The van der Waals surface area contributed by atoms with Crippen molar-refractivity contribution >= 4 is 11.7 Å². The van der Waals surface area contributed by atoms with E-state index < -0.39 is 0 Å². The second-order valence-corrected chi connectivity index (χ2v) is 3.11. The molecule has 14 heavy (non-hydrogen) atoms. The van der Waals surface area contributed by atoms with Crippen molar-refractivity contribution in [2.24, 2.45) is 0 Å². The molecule has 1 rings (SSSR count). The van der Waals surface area contributed by atoms with Gasteiger partial charge in [0, 0.05) is 5.70 Å². The summed E-state index contributed by atoms with van der Waals surface area (Å²) < 4.78 is 0. The van der Waals surface area contributed by atoms with E-state index in [1.165, 1.54) is 13.0 Å². The van der Waals surface area contributed by atoms with Gasteiger partial charge in [0.1, 0.15) is 12.6 Å². The van der Waals surface area contributed by atoms with Crippen LogP contribution in [0.5, 0.6) is 0 Å². The maximum Gasteiger partial charge on any atom is 0.268 e. The van der Waals surface area contributed by atoms with Crippen LogP contribution >= 0.6 is 0 Å². The van der Waals surface area contributed by atoms with Crippen LogP contribution < -0.4 is 10.8 Å². The van der Waals surface area contributed by atoms with Crippen molar-refractivity contribution < 1.29 is 14.4 Å². The largest absolute Gasteiger partial charge is 0.375 e. The van der Waals surface area contributed by atoms with Crippen molar-refractivity contribution in [2.75, 3.05) is 6.61 Å². The van der Waals surface area contributed by atoms with Crippen LogP contribution in [-0.2, 0) is 14.4 Å². The fourth-order valence-corrected chi connectivity index (χ4v) is 1.17. The van der Waals surface area contributed by atoms with E-state index in [9.17, 15) is 9.59 Å². The summed E-state index contributed by atoms with van der Waals surface area (Å²) in [4.78, 5) is 26.7. The highest BCUT2D eigenvalue weighted by molar-refractivity contribution is 5.88. The highest BCUT2D eigenvalue weighted by Crippen LogP contribution is 2.02. The van der Waals surface area contributed by atoms with E-state index in [-0.39, 0.29) is 24.3 Å². The minimum absolute atomic E-state index is 0.0336. The summed E-state index contributed by atoms with van der Waals surface area (Å²) >= 11 is 0. The molecule has 1 amide bonds. The number of rotatable bonds is 4. The Morgan fingerprint density at radius 2 is 2.50 bits per heavy atom. The van der Waals surface area contributed by atoms with E-state index in [0.29, 0.717) is 6.42 Å². The molecule has 78 valence electrons. The first-order valence-corrected chi connectivity index (χ1v) is 4.52. The Hall–Kier alpha value is -1.36. The first-order chi connectivity index (χ1) is 6.63. The third kappa shape index (κ3) is 2.85. The highest BCUT2D eigenvalue weighted by atomic mass is 16.7.